The van der Waals surface area contributed by atoms with Gasteiger partial charge in [-0.25, -0.2) is 13.6 Å². The Kier molecular flexibility index (Phi) is 5.00. The number of hydrogen-bond donors (Lipinski definition) is 3. The number of carboxylic acid groups (broad SMARTS) is 1. The number of nitrogens with one attached hydrogen (secondary N) is 1. The number of nitrogen functional groups attached to an aromatic ring is 1. The second-order valence-corrected chi connectivity index (χ2v) is 4.90. The average Bonchev–Trinajstić information content (AvgIpc) is 2.51. The van der Waals surface area contributed by atoms with E-state index in [4.69, 9.17) is 10.8 Å². The molecule has 2 aromatic carbocycles. The molecule has 0 fully saturated rings. The second-order valence-electron chi connectivity index (χ2n) is 4.90. The molecule has 0 radical (unpaired) electrons. The van der Waals surface area contributed by atoms with E-state index in [1.165, 1.54) is 18.2 Å². The van der Waals surface area contributed by atoms with E-state index in [0.29, 0.717) is 0 Å². The summed E-state index contributed by atoms with van der Waals surface area (Å²) in [6, 6.07) is 8.23. The van der Waals surface area contributed by atoms with Gasteiger partial charge in [-0.1, -0.05) is 12.1 Å². The highest BCUT2D eigenvalue weighted by Gasteiger charge is 2.17. The molecule has 0 aliphatic rings. The molecule has 2 rings (SSSR count). The lowest BCUT2D eigenvalue weighted by Crippen LogP contribution is -2.29. The molecule has 0 aliphatic carbocycles. The number of amides is 1. The van der Waals surface area contributed by atoms with Crippen LogP contribution in [-0.4, -0.2) is 17.7 Å². The van der Waals surface area contributed by atoms with Gasteiger partial charge in [0.1, 0.15) is 11.6 Å². The largest absolute Gasteiger partial charge is 0.465 e. The predicted octanol–water partition coefficient (Wildman–Crippen LogP) is 3.66. The minimum atomic E-state index is -1.20. The lowest BCUT2D eigenvalue weighted by Gasteiger charge is -2.20. The molecule has 2 aromatic rings. The molecule has 0 atom stereocenters. The van der Waals surface area contributed by atoms with Crippen LogP contribution in [0, 0.1) is 11.6 Å². The fourth-order valence-electron chi connectivity index (χ4n) is 2.16. The average molecular weight is 321 g/mol. The van der Waals surface area contributed by atoms with Crippen LogP contribution in [0.3, 0.4) is 0 Å². The molecular weight excluding hydrogens is 304 g/mol. The monoisotopic (exact) mass is 321 g/mol. The number of rotatable bonds is 5. The molecular formula is C16H17F2N3O2. The molecule has 0 bridgehead atoms. The van der Waals surface area contributed by atoms with E-state index in [9.17, 15) is 13.6 Å². The van der Waals surface area contributed by atoms with Crippen molar-refractivity contribution in [1.29, 1.82) is 0 Å². The van der Waals surface area contributed by atoms with Gasteiger partial charge in [-0.05, 0) is 30.7 Å². The predicted molar refractivity (Wildman–Crippen MR) is 85.6 cm³/mol. The van der Waals surface area contributed by atoms with Crippen LogP contribution in [0.15, 0.2) is 36.4 Å². The number of anilines is 3. The zero-order chi connectivity index (χ0) is 17.0. The smallest absolute Gasteiger partial charge is 0.411 e. The van der Waals surface area contributed by atoms with Gasteiger partial charge < -0.3 is 16.2 Å². The minimum absolute atomic E-state index is 0.102. The Hall–Kier alpha value is -2.83. The molecule has 122 valence electrons. The fraction of sp³-hybridized carbons (Fsp3) is 0.188. The lowest BCUT2D eigenvalue weighted by molar-refractivity contribution is 0.202. The first-order valence-electron chi connectivity index (χ1n) is 7.00. The summed E-state index contributed by atoms with van der Waals surface area (Å²) in [5, 5.41) is 11.9. The summed E-state index contributed by atoms with van der Waals surface area (Å²) in [6.45, 7) is 2.07. The number of carbonyl (C=O) groups is 1. The van der Waals surface area contributed by atoms with Crippen molar-refractivity contribution >= 4 is 23.2 Å². The minimum Gasteiger partial charge on any atom is -0.465 e. The first-order valence-corrected chi connectivity index (χ1v) is 7.00. The molecule has 0 aliphatic heterocycles. The third-order valence-electron chi connectivity index (χ3n) is 3.35. The summed E-state index contributed by atoms with van der Waals surface area (Å²) >= 11 is 0. The van der Waals surface area contributed by atoms with Gasteiger partial charge >= 0.3 is 6.09 Å². The standard InChI is InChI=1S/C16H17F2N3O2/c1-2-21(16(22)23)15-7-12(18)14(8-13(15)19)20-9-10-3-5-11(17)6-4-10/h3-8,20H,2,9,19H2,1H3,(H,22,23). The molecule has 1 amide bonds. The molecule has 7 heteroatoms. The molecule has 0 heterocycles. The quantitative estimate of drug-likeness (QED) is 0.734. The number of benzene rings is 2. The highest BCUT2D eigenvalue weighted by atomic mass is 19.1. The number of halogens is 2. The van der Waals surface area contributed by atoms with Gasteiger partial charge in [0.05, 0.1) is 17.1 Å². The van der Waals surface area contributed by atoms with Crippen LogP contribution < -0.4 is 16.0 Å². The summed E-state index contributed by atoms with van der Waals surface area (Å²) in [6.07, 6.45) is -1.20. The van der Waals surface area contributed by atoms with Crippen LogP contribution in [0.4, 0.5) is 30.6 Å². The van der Waals surface area contributed by atoms with Gasteiger partial charge in [-0.3, -0.25) is 4.90 Å². The number of nitrogens with zero attached hydrogens (tertiary/aromatic N) is 1. The van der Waals surface area contributed by atoms with Crippen LogP contribution in [0.25, 0.3) is 0 Å². The molecule has 4 N–H and O–H groups in total. The van der Waals surface area contributed by atoms with Crippen molar-refractivity contribution in [2.75, 3.05) is 22.5 Å². The van der Waals surface area contributed by atoms with Crippen LogP contribution >= 0.6 is 0 Å². The first-order chi connectivity index (χ1) is 10.9. The summed E-state index contributed by atoms with van der Waals surface area (Å²) in [5.41, 5.74) is 7.01. The van der Waals surface area contributed by atoms with Crippen molar-refractivity contribution in [3.05, 3.63) is 53.6 Å². The highest BCUT2D eigenvalue weighted by Crippen LogP contribution is 2.29. The molecule has 5 nitrogen and oxygen atoms in total. The topological polar surface area (TPSA) is 78.6 Å². The van der Waals surface area contributed by atoms with Gasteiger partial charge in [-0.2, -0.15) is 0 Å². The third-order valence-corrected chi connectivity index (χ3v) is 3.35. The maximum Gasteiger partial charge on any atom is 0.411 e. The molecule has 23 heavy (non-hydrogen) atoms. The Balaban J connectivity index is 2.19. The zero-order valence-electron chi connectivity index (χ0n) is 12.5. The van der Waals surface area contributed by atoms with Gasteiger partial charge in [0, 0.05) is 19.2 Å². The van der Waals surface area contributed by atoms with Crippen LogP contribution in [0.5, 0.6) is 0 Å². The zero-order valence-corrected chi connectivity index (χ0v) is 12.5. The van der Waals surface area contributed by atoms with E-state index in [2.05, 4.69) is 5.32 Å². The van der Waals surface area contributed by atoms with Crippen molar-refractivity contribution in [1.82, 2.24) is 0 Å². The molecule has 0 unspecified atom stereocenters. The van der Waals surface area contributed by atoms with Gasteiger partial charge in [0.25, 0.3) is 0 Å². The summed E-state index contributed by atoms with van der Waals surface area (Å²) in [5.74, 6) is -0.960. The van der Waals surface area contributed by atoms with Crippen LogP contribution in [0.2, 0.25) is 0 Å². The Labute approximate surface area is 132 Å². The maximum atomic E-state index is 14.2. The summed E-state index contributed by atoms with van der Waals surface area (Å²) in [7, 11) is 0. The van der Waals surface area contributed by atoms with Crippen molar-refractivity contribution < 1.29 is 18.7 Å². The second kappa shape index (κ2) is 6.95. The lowest BCUT2D eigenvalue weighted by atomic mass is 10.2. The van der Waals surface area contributed by atoms with Crippen molar-refractivity contribution in [3.8, 4) is 0 Å². The van der Waals surface area contributed by atoms with Gasteiger partial charge in [0.15, 0.2) is 0 Å². The Bertz CT molecular complexity index is 705. The van der Waals surface area contributed by atoms with Crippen molar-refractivity contribution in [2.45, 2.75) is 13.5 Å². The van der Waals surface area contributed by atoms with Crippen LogP contribution in [-0.2, 0) is 6.54 Å². The van der Waals surface area contributed by atoms with Crippen molar-refractivity contribution in [3.63, 3.8) is 0 Å². The maximum absolute atomic E-state index is 14.2. The van der Waals surface area contributed by atoms with Crippen molar-refractivity contribution in [2.24, 2.45) is 0 Å². The van der Waals surface area contributed by atoms with E-state index >= 15 is 0 Å². The Morgan fingerprint density at radius 3 is 2.48 bits per heavy atom. The van der Waals surface area contributed by atoms with Gasteiger partial charge in [-0.15, -0.1) is 0 Å². The Morgan fingerprint density at radius 2 is 1.91 bits per heavy atom. The normalized spacial score (nSPS) is 10.4. The number of hydrogen-bond acceptors (Lipinski definition) is 3. The van der Waals surface area contributed by atoms with E-state index in [-0.39, 0.29) is 36.0 Å². The van der Waals surface area contributed by atoms with Crippen LogP contribution in [0.1, 0.15) is 12.5 Å². The summed E-state index contributed by atoms with van der Waals surface area (Å²) < 4.78 is 27.0. The van der Waals surface area contributed by atoms with E-state index in [1.807, 2.05) is 0 Å². The Morgan fingerprint density at radius 1 is 1.26 bits per heavy atom. The molecule has 0 saturated carbocycles. The van der Waals surface area contributed by atoms with Gasteiger partial charge in [0.2, 0.25) is 0 Å². The van der Waals surface area contributed by atoms with E-state index in [1.54, 1.807) is 19.1 Å². The highest BCUT2D eigenvalue weighted by molar-refractivity contribution is 5.91. The molecule has 0 aromatic heterocycles. The molecule has 0 saturated heterocycles. The third kappa shape index (κ3) is 3.88. The molecule has 0 spiro atoms. The van der Waals surface area contributed by atoms with E-state index < -0.39 is 11.9 Å². The summed E-state index contributed by atoms with van der Waals surface area (Å²) in [4.78, 5) is 12.1. The first kappa shape index (κ1) is 16.5. The number of nitrogens with two attached hydrogens (primary N) is 1. The fourth-order valence-corrected chi connectivity index (χ4v) is 2.16. The SMILES string of the molecule is CCN(C(=O)O)c1cc(F)c(NCc2ccc(F)cc2)cc1N. The van der Waals surface area contributed by atoms with E-state index in [0.717, 1.165) is 16.5 Å².